The molecule has 0 fully saturated rings. The molecule has 0 aliphatic heterocycles. The summed E-state index contributed by atoms with van der Waals surface area (Å²) in [6, 6.07) is 0.311. The van der Waals surface area contributed by atoms with Crippen molar-refractivity contribution in [2.24, 2.45) is 5.92 Å². The fourth-order valence-electron chi connectivity index (χ4n) is 1.72. The second kappa shape index (κ2) is 7.76. The average Bonchev–Trinajstić information content (AvgIpc) is 2.38. The summed E-state index contributed by atoms with van der Waals surface area (Å²) in [5.41, 5.74) is 5.65. The van der Waals surface area contributed by atoms with Gasteiger partial charge in [-0.25, -0.2) is 0 Å². The first-order chi connectivity index (χ1) is 9.06. The summed E-state index contributed by atoms with van der Waals surface area (Å²) in [5, 5.41) is 0. The molecule has 2 N–H and O–H groups in total. The van der Waals surface area contributed by atoms with E-state index in [1.807, 2.05) is 14.1 Å². The molecule has 1 heterocycles. The summed E-state index contributed by atoms with van der Waals surface area (Å²) in [6.07, 6.45) is 4.71. The van der Waals surface area contributed by atoms with Gasteiger partial charge in [-0.3, -0.25) is 0 Å². The van der Waals surface area contributed by atoms with Crippen LogP contribution >= 0.6 is 0 Å². The average molecular weight is 267 g/mol. The van der Waals surface area contributed by atoms with Crippen LogP contribution in [0.1, 0.15) is 39.5 Å². The highest BCUT2D eigenvalue weighted by Gasteiger charge is 2.11. The van der Waals surface area contributed by atoms with E-state index in [9.17, 15) is 0 Å². The molecule has 0 aliphatic rings. The number of hydrogen-bond donors (Lipinski definition) is 1. The molecule has 0 radical (unpaired) electrons. The Morgan fingerprint density at radius 1 is 1.21 bits per heavy atom. The molecule has 0 bridgehead atoms. The third-order valence-electron chi connectivity index (χ3n) is 3.01. The van der Waals surface area contributed by atoms with Crippen LogP contribution in [0.4, 0.5) is 11.9 Å². The van der Waals surface area contributed by atoms with Gasteiger partial charge in [-0.05, 0) is 12.3 Å². The Morgan fingerprint density at radius 3 is 2.53 bits per heavy atom. The maximum absolute atomic E-state index is 5.66. The summed E-state index contributed by atoms with van der Waals surface area (Å²) < 4.78 is 5.66. The topological polar surface area (TPSA) is 77.2 Å². The largest absolute Gasteiger partial charge is 0.463 e. The highest BCUT2D eigenvalue weighted by atomic mass is 16.5. The van der Waals surface area contributed by atoms with E-state index < -0.39 is 0 Å². The lowest BCUT2D eigenvalue weighted by Gasteiger charge is -2.16. The number of anilines is 2. The SMILES string of the molecule is CCCCC(CC)COc1nc(N)nc(N(C)C)n1. The van der Waals surface area contributed by atoms with Crippen LogP contribution in [-0.4, -0.2) is 35.7 Å². The van der Waals surface area contributed by atoms with E-state index in [1.54, 1.807) is 4.90 Å². The van der Waals surface area contributed by atoms with Gasteiger partial charge in [-0.1, -0.05) is 33.1 Å². The Hall–Kier alpha value is -1.59. The molecule has 1 unspecified atom stereocenters. The number of unbranched alkanes of at least 4 members (excludes halogenated alkanes) is 1. The number of nitrogen functional groups attached to an aromatic ring is 1. The zero-order chi connectivity index (χ0) is 14.3. The number of nitrogens with two attached hydrogens (primary N) is 1. The van der Waals surface area contributed by atoms with E-state index in [0.29, 0.717) is 24.5 Å². The summed E-state index contributed by atoms with van der Waals surface area (Å²) in [5.74, 6) is 1.25. The normalized spacial score (nSPS) is 12.2. The van der Waals surface area contributed by atoms with Gasteiger partial charge in [0, 0.05) is 14.1 Å². The maximum Gasteiger partial charge on any atom is 0.323 e. The van der Waals surface area contributed by atoms with Gasteiger partial charge >= 0.3 is 6.01 Å². The van der Waals surface area contributed by atoms with Crippen LogP contribution in [0, 0.1) is 5.92 Å². The third kappa shape index (κ3) is 5.28. The van der Waals surface area contributed by atoms with Crippen molar-refractivity contribution in [2.75, 3.05) is 31.3 Å². The van der Waals surface area contributed by atoms with Crippen molar-refractivity contribution in [2.45, 2.75) is 39.5 Å². The Balaban J connectivity index is 2.60. The fourth-order valence-corrected chi connectivity index (χ4v) is 1.72. The van der Waals surface area contributed by atoms with Gasteiger partial charge in [-0.15, -0.1) is 0 Å². The first kappa shape index (κ1) is 15.5. The smallest absolute Gasteiger partial charge is 0.323 e. The van der Waals surface area contributed by atoms with Gasteiger partial charge in [0.15, 0.2) is 0 Å². The van der Waals surface area contributed by atoms with Crippen molar-refractivity contribution in [1.82, 2.24) is 15.0 Å². The van der Waals surface area contributed by atoms with E-state index in [2.05, 4.69) is 28.8 Å². The fraction of sp³-hybridized carbons (Fsp3) is 0.769. The standard InChI is InChI=1S/C13H25N5O/c1-5-7-8-10(6-2)9-19-13-16-11(14)15-12(17-13)18(3)4/h10H,5-9H2,1-4H3,(H2,14,15,16,17). The lowest BCUT2D eigenvalue weighted by molar-refractivity contribution is 0.217. The number of aromatic nitrogens is 3. The van der Waals surface area contributed by atoms with E-state index in [0.717, 1.165) is 6.42 Å². The van der Waals surface area contributed by atoms with Crippen molar-refractivity contribution < 1.29 is 4.74 Å². The third-order valence-corrected chi connectivity index (χ3v) is 3.01. The number of rotatable bonds is 8. The van der Waals surface area contributed by atoms with Crippen molar-refractivity contribution >= 4 is 11.9 Å². The molecule has 108 valence electrons. The monoisotopic (exact) mass is 267 g/mol. The predicted molar refractivity (Wildman–Crippen MR) is 77.4 cm³/mol. The molecule has 0 aromatic carbocycles. The van der Waals surface area contributed by atoms with Crippen LogP contribution in [0.3, 0.4) is 0 Å². The van der Waals surface area contributed by atoms with Crippen LogP contribution in [-0.2, 0) is 0 Å². The van der Waals surface area contributed by atoms with E-state index in [4.69, 9.17) is 10.5 Å². The Labute approximate surface area is 115 Å². The van der Waals surface area contributed by atoms with Gasteiger partial charge < -0.3 is 15.4 Å². The van der Waals surface area contributed by atoms with Crippen molar-refractivity contribution in [3.63, 3.8) is 0 Å². The molecule has 6 nitrogen and oxygen atoms in total. The molecule has 6 heteroatoms. The quantitative estimate of drug-likeness (QED) is 0.777. The molecule has 0 spiro atoms. The minimum absolute atomic E-state index is 0.190. The summed E-state index contributed by atoms with van der Waals surface area (Å²) in [7, 11) is 3.71. The predicted octanol–water partition coefficient (Wildman–Crippen LogP) is 2.12. The molecule has 0 aliphatic carbocycles. The van der Waals surface area contributed by atoms with Gasteiger partial charge in [0.2, 0.25) is 11.9 Å². The van der Waals surface area contributed by atoms with Gasteiger partial charge in [-0.2, -0.15) is 15.0 Å². The second-order valence-electron chi connectivity index (χ2n) is 4.90. The zero-order valence-electron chi connectivity index (χ0n) is 12.4. The minimum Gasteiger partial charge on any atom is -0.463 e. The van der Waals surface area contributed by atoms with Crippen molar-refractivity contribution in [3.8, 4) is 6.01 Å². The highest BCUT2D eigenvalue weighted by molar-refractivity contribution is 5.33. The van der Waals surface area contributed by atoms with E-state index >= 15 is 0 Å². The summed E-state index contributed by atoms with van der Waals surface area (Å²) in [4.78, 5) is 14.0. The minimum atomic E-state index is 0.190. The van der Waals surface area contributed by atoms with Gasteiger partial charge in [0.1, 0.15) is 0 Å². The van der Waals surface area contributed by atoms with Crippen LogP contribution in [0.5, 0.6) is 6.01 Å². The number of nitrogens with zero attached hydrogens (tertiary/aromatic N) is 4. The van der Waals surface area contributed by atoms with Crippen LogP contribution in [0.2, 0.25) is 0 Å². The van der Waals surface area contributed by atoms with E-state index in [1.165, 1.54) is 19.3 Å². The molecule has 1 atom stereocenters. The molecule has 1 aromatic heterocycles. The first-order valence-corrected chi connectivity index (χ1v) is 6.88. The Bertz CT molecular complexity index is 383. The first-order valence-electron chi connectivity index (χ1n) is 6.88. The molecule has 0 saturated carbocycles. The van der Waals surface area contributed by atoms with E-state index in [-0.39, 0.29) is 5.95 Å². The molecule has 19 heavy (non-hydrogen) atoms. The lowest BCUT2D eigenvalue weighted by atomic mass is 10.0. The summed E-state index contributed by atoms with van der Waals surface area (Å²) in [6.45, 7) is 5.01. The van der Waals surface area contributed by atoms with Crippen molar-refractivity contribution in [1.29, 1.82) is 0 Å². The van der Waals surface area contributed by atoms with Crippen LogP contribution in [0.15, 0.2) is 0 Å². The van der Waals surface area contributed by atoms with Crippen molar-refractivity contribution in [3.05, 3.63) is 0 Å². The highest BCUT2D eigenvalue weighted by Crippen LogP contribution is 2.16. The lowest BCUT2D eigenvalue weighted by Crippen LogP contribution is -2.17. The van der Waals surface area contributed by atoms with Gasteiger partial charge in [0.25, 0.3) is 0 Å². The molecule has 0 saturated heterocycles. The van der Waals surface area contributed by atoms with Crippen LogP contribution < -0.4 is 15.4 Å². The Kier molecular flexibility index (Phi) is 6.32. The maximum atomic E-state index is 5.66. The molecule has 0 amide bonds. The zero-order valence-corrected chi connectivity index (χ0v) is 12.4. The van der Waals surface area contributed by atoms with Crippen LogP contribution in [0.25, 0.3) is 0 Å². The number of hydrogen-bond acceptors (Lipinski definition) is 6. The summed E-state index contributed by atoms with van der Waals surface area (Å²) >= 11 is 0. The molecule has 1 aromatic rings. The Morgan fingerprint density at radius 2 is 1.95 bits per heavy atom. The molecular weight excluding hydrogens is 242 g/mol. The molecular formula is C13H25N5O. The number of ether oxygens (including phenoxy) is 1. The second-order valence-corrected chi connectivity index (χ2v) is 4.90. The molecule has 1 rings (SSSR count). The van der Waals surface area contributed by atoms with Gasteiger partial charge in [0.05, 0.1) is 6.61 Å².